The van der Waals surface area contributed by atoms with Gasteiger partial charge in [0.05, 0.1) is 15.7 Å². The Labute approximate surface area is 104 Å². The van der Waals surface area contributed by atoms with E-state index in [1.54, 1.807) is 0 Å². The second-order valence-corrected chi connectivity index (χ2v) is 5.38. The van der Waals surface area contributed by atoms with Crippen LogP contribution in [-0.2, 0) is 15.5 Å². The van der Waals surface area contributed by atoms with Crippen molar-refractivity contribution in [2.75, 3.05) is 6.61 Å². The first-order valence-corrected chi connectivity index (χ1v) is 6.88. The Morgan fingerprint density at radius 3 is 2.71 bits per heavy atom. The minimum atomic E-state index is -1.10. The van der Waals surface area contributed by atoms with Crippen LogP contribution in [0.15, 0.2) is 58.0 Å². The van der Waals surface area contributed by atoms with E-state index in [4.69, 9.17) is 4.74 Å². The van der Waals surface area contributed by atoms with Crippen LogP contribution in [0.5, 0.6) is 0 Å². The Hall–Kier alpha value is -1.35. The lowest BCUT2D eigenvalue weighted by atomic mass is 10.2. The van der Waals surface area contributed by atoms with Gasteiger partial charge in [-0.05, 0) is 31.9 Å². The summed E-state index contributed by atoms with van der Waals surface area (Å²) in [6.07, 6.45) is 5.80. The van der Waals surface area contributed by atoms with Crippen LogP contribution in [0.1, 0.15) is 19.8 Å². The molecule has 1 unspecified atom stereocenters. The van der Waals surface area contributed by atoms with Gasteiger partial charge in [0.15, 0.2) is 0 Å². The number of rotatable bonds is 2. The maximum absolute atomic E-state index is 12.4. The van der Waals surface area contributed by atoms with Gasteiger partial charge in [-0.1, -0.05) is 30.4 Å². The van der Waals surface area contributed by atoms with E-state index >= 15 is 0 Å². The predicted octanol–water partition coefficient (Wildman–Crippen LogP) is 3.39. The zero-order valence-electron chi connectivity index (χ0n) is 9.89. The normalized spacial score (nSPS) is 24.3. The largest absolute Gasteiger partial charge is 0.493 e. The molecule has 1 aromatic carbocycles. The summed E-state index contributed by atoms with van der Waals surface area (Å²) >= 11 is 0. The van der Waals surface area contributed by atoms with Crippen molar-refractivity contribution in [3.8, 4) is 0 Å². The van der Waals surface area contributed by atoms with E-state index in [1.807, 2.05) is 43.3 Å². The van der Waals surface area contributed by atoms with E-state index < -0.39 is 10.8 Å². The molecule has 0 saturated heterocycles. The maximum atomic E-state index is 12.4. The molecular weight excluding hydrogens is 232 g/mol. The summed E-state index contributed by atoms with van der Waals surface area (Å²) in [7, 11) is -1.10. The smallest absolute Gasteiger partial charge is 0.106 e. The molecule has 0 aromatic heterocycles. The fourth-order valence-corrected chi connectivity index (χ4v) is 3.05. The van der Waals surface area contributed by atoms with E-state index in [9.17, 15) is 4.21 Å². The summed E-state index contributed by atoms with van der Waals surface area (Å²) in [6, 6.07) is 9.54. The van der Waals surface area contributed by atoms with Crippen molar-refractivity contribution >= 4 is 10.8 Å². The standard InChI is InChI=1S/C14H16O2S/c1-12-14(10-6-3-7-11-16-12)17(15)13-8-4-2-5-9-13/h2-5,7-9H,6,10-11H2,1H3/b7-3-,14-12+. The zero-order valence-corrected chi connectivity index (χ0v) is 10.7. The molecule has 2 nitrogen and oxygen atoms in total. The Balaban J connectivity index is 2.26. The third kappa shape index (κ3) is 3.07. The van der Waals surface area contributed by atoms with Gasteiger partial charge in [0.2, 0.25) is 0 Å². The predicted molar refractivity (Wildman–Crippen MR) is 69.9 cm³/mol. The minimum Gasteiger partial charge on any atom is -0.493 e. The van der Waals surface area contributed by atoms with Crippen LogP contribution < -0.4 is 0 Å². The second-order valence-electron chi connectivity index (χ2n) is 3.88. The number of hydrogen-bond acceptors (Lipinski definition) is 2. The van der Waals surface area contributed by atoms with Crippen molar-refractivity contribution in [2.45, 2.75) is 24.7 Å². The molecule has 90 valence electrons. The lowest BCUT2D eigenvalue weighted by Crippen LogP contribution is -2.04. The summed E-state index contributed by atoms with van der Waals surface area (Å²) in [5, 5.41) is 0. The van der Waals surface area contributed by atoms with Crippen LogP contribution in [-0.4, -0.2) is 10.8 Å². The monoisotopic (exact) mass is 248 g/mol. The molecular formula is C14H16O2S. The van der Waals surface area contributed by atoms with Crippen molar-refractivity contribution in [2.24, 2.45) is 0 Å². The van der Waals surface area contributed by atoms with Crippen LogP contribution in [0, 0.1) is 0 Å². The van der Waals surface area contributed by atoms with E-state index in [2.05, 4.69) is 6.08 Å². The highest BCUT2D eigenvalue weighted by atomic mass is 32.2. The Kier molecular flexibility index (Phi) is 4.15. The zero-order chi connectivity index (χ0) is 12.1. The van der Waals surface area contributed by atoms with Crippen LogP contribution >= 0.6 is 0 Å². The second kappa shape index (κ2) is 5.82. The molecule has 0 amide bonds. The highest BCUT2D eigenvalue weighted by Gasteiger charge is 2.14. The molecule has 0 fully saturated rings. The molecule has 0 bridgehead atoms. The van der Waals surface area contributed by atoms with Crippen molar-refractivity contribution in [1.29, 1.82) is 0 Å². The molecule has 0 N–H and O–H groups in total. The van der Waals surface area contributed by atoms with Gasteiger partial charge < -0.3 is 4.74 Å². The average molecular weight is 248 g/mol. The summed E-state index contributed by atoms with van der Waals surface area (Å²) in [5.74, 6) is 0.802. The molecule has 3 heteroatoms. The lowest BCUT2D eigenvalue weighted by molar-refractivity contribution is 0.245. The van der Waals surface area contributed by atoms with Crippen LogP contribution in [0.3, 0.4) is 0 Å². The number of benzene rings is 1. The molecule has 2 rings (SSSR count). The molecule has 0 saturated carbocycles. The van der Waals surface area contributed by atoms with Gasteiger partial charge in [0.1, 0.15) is 12.4 Å². The van der Waals surface area contributed by atoms with Crippen molar-refractivity contribution < 1.29 is 8.95 Å². The highest BCUT2D eigenvalue weighted by molar-refractivity contribution is 7.89. The topological polar surface area (TPSA) is 26.3 Å². The molecule has 0 aliphatic carbocycles. The summed E-state index contributed by atoms with van der Waals surface area (Å²) in [6.45, 7) is 2.47. The van der Waals surface area contributed by atoms with Gasteiger partial charge in [-0.15, -0.1) is 0 Å². The van der Waals surface area contributed by atoms with Gasteiger partial charge in [-0.3, -0.25) is 0 Å². The molecule has 1 aliphatic heterocycles. The first-order chi connectivity index (χ1) is 8.29. The average Bonchev–Trinajstić information content (AvgIpc) is 2.35. The van der Waals surface area contributed by atoms with Gasteiger partial charge >= 0.3 is 0 Å². The number of hydrogen-bond donors (Lipinski definition) is 0. The van der Waals surface area contributed by atoms with Crippen molar-refractivity contribution in [1.82, 2.24) is 0 Å². The fourth-order valence-electron chi connectivity index (χ4n) is 1.74. The SMILES string of the molecule is C/C1=C(\S(=O)c2ccccc2)CC/C=C\CO1. The molecule has 1 aliphatic rings. The highest BCUT2D eigenvalue weighted by Crippen LogP contribution is 2.23. The van der Waals surface area contributed by atoms with E-state index in [-0.39, 0.29) is 0 Å². The quantitative estimate of drug-likeness (QED) is 0.750. The first kappa shape index (κ1) is 12.1. The van der Waals surface area contributed by atoms with Gasteiger partial charge in [-0.25, -0.2) is 4.21 Å². The summed E-state index contributed by atoms with van der Waals surface area (Å²) < 4.78 is 18.0. The van der Waals surface area contributed by atoms with Crippen LogP contribution in [0.2, 0.25) is 0 Å². The van der Waals surface area contributed by atoms with E-state index in [0.717, 1.165) is 28.4 Å². The number of ether oxygens (including phenoxy) is 1. The Morgan fingerprint density at radius 2 is 1.94 bits per heavy atom. The van der Waals surface area contributed by atoms with Crippen LogP contribution in [0.25, 0.3) is 0 Å². The fraction of sp³-hybridized carbons (Fsp3) is 0.286. The summed E-state index contributed by atoms with van der Waals surface area (Å²) in [4.78, 5) is 1.75. The Morgan fingerprint density at radius 1 is 1.18 bits per heavy atom. The molecule has 0 radical (unpaired) electrons. The third-order valence-electron chi connectivity index (χ3n) is 2.67. The number of allylic oxidation sites excluding steroid dienone is 3. The first-order valence-electron chi connectivity index (χ1n) is 5.73. The van der Waals surface area contributed by atoms with Gasteiger partial charge in [0.25, 0.3) is 0 Å². The van der Waals surface area contributed by atoms with Crippen molar-refractivity contribution in [3.05, 3.63) is 53.1 Å². The van der Waals surface area contributed by atoms with E-state index in [1.165, 1.54) is 0 Å². The van der Waals surface area contributed by atoms with Gasteiger partial charge in [0, 0.05) is 4.90 Å². The lowest BCUT2D eigenvalue weighted by Gasteiger charge is -2.14. The third-order valence-corrected chi connectivity index (χ3v) is 4.31. The molecule has 0 spiro atoms. The molecule has 1 atom stereocenters. The summed E-state index contributed by atoms with van der Waals surface area (Å²) in [5.41, 5.74) is 0. The minimum absolute atomic E-state index is 0.571. The molecule has 1 aromatic rings. The molecule has 1 heterocycles. The van der Waals surface area contributed by atoms with Crippen molar-refractivity contribution in [3.63, 3.8) is 0 Å². The maximum Gasteiger partial charge on any atom is 0.106 e. The molecule has 17 heavy (non-hydrogen) atoms. The van der Waals surface area contributed by atoms with E-state index in [0.29, 0.717) is 6.61 Å². The van der Waals surface area contributed by atoms with Gasteiger partial charge in [-0.2, -0.15) is 0 Å². The van der Waals surface area contributed by atoms with Crippen LogP contribution in [0.4, 0.5) is 0 Å². The Bertz CT molecular complexity index is 460.